The molecule has 1 N–H and O–H groups in total. The number of aromatic hydroxyl groups is 1. The Morgan fingerprint density at radius 1 is 1.67 bits per heavy atom. The number of aromatic nitrogens is 1. The van der Waals surface area contributed by atoms with Gasteiger partial charge in [0.1, 0.15) is 5.75 Å². The molecule has 18 heavy (non-hydrogen) atoms. The fourth-order valence-electron chi connectivity index (χ4n) is 1.28. The molecule has 0 aliphatic heterocycles. The van der Waals surface area contributed by atoms with Crippen molar-refractivity contribution in [3.63, 3.8) is 0 Å². The van der Waals surface area contributed by atoms with Gasteiger partial charge in [0.25, 0.3) is 0 Å². The molecule has 1 heterocycles. The molecule has 0 bridgehead atoms. The average Bonchev–Trinajstić information content (AvgIpc) is 2.31. The van der Waals surface area contributed by atoms with Crippen molar-refractivity contribution in [3.05, 3.63) is 29.6 Å². The molecule has 1 aromatic heterocycles. The van der Waals surface area contributed by atoms with Gasteiger partial charge in [-0.3, -0.25) is 4.98 Å². The first-order valence-electron chi connectivity index (χ1n) is 5.19. The highest BCUT2D eigenvalue weighted by Gasteiger charge is 2.12. The van der Waals surface area contributed by atoms with E-state index in [2.05, 4.69) is 11.6 Å². The van der Waals surface area contributed by atoms with Crippen LogP contribution < -0.4 is 0 Å². The lowest BCUT2D eigenvalue weighted by Gasteiger charge is -2.09. The molecule has 0 aliphatic carbocycles. The molecule has 0 atom stereocenters. The summed E-state index contributed by atoms with van der Waals surface area (Å²) in [5.74, 6) is 0.453. The van der Waals surface area contributed by atoms with Crippen molar-refractivity contribution in [1.82, 2.24) is 4.98 Å². The molecule has 0 amide bonds. The highest BCUT2D eigenvalue weighted by Crippen LogP contribution is 2.28. The largest absolute Gasteiger partial charge is 0.506 e. The Hall–Kier alpha value is -1.20. The molecule has 0 saturated heterocycles. The standard InChI is InChI=1S/C12H15NO3S.ClH/c1-4-9-6-13-8(3)11(14)10(9)7-17-12(15)16-5-2;/h4,6,14H,1,5,7H2,2-3H3;1H. The highest BCUT2D eigenvalue weighted by atomic mass is 35.5. The lowest BCUT2D eigenvalue weighted by molar-refractivity contribution is 0.181. The Labute approximate surface area is 117 Å². The SMILES string of the molecule is C=Cc1cnc(C)c(O)c1CSC(=O)OCC.Cl. The number of halogens is 1. The third kappa shape index (κ3) is 4.23. The molecule has 0 aliphatic rings. The number of hydrogen-bond acceptors (Lipinski definition) is 5. The van der Waals surface area contributed by atoms with E-state index in [1.54, 1.807) is 26.1 Å². The van der Waals surface area contributed by atoms with Crippen LogP contribution in [0.2, 0.25) is 0 Å². The number of carbonyl (C=O) groups excluding carboxylic acids is 1. The topological polar surface area (TPSA) is 59.4 Å². The van der Waals surface area contributed by atoms with E-state index in [-0.39, 0.29) is 23.5 Å². The normalized spacial score (nSPS) is 9.44. The number of thioether (sulfide) groups is 1. The molecule has 0 saturated carbocycles. The Balaban J connectivity index is 0.00000289. The summed E-state index contributed by atoms with van der Waals surface area (Å²) in [7, 11) is 0. The molecule has 0 spiro atoms. The fourth-order valence-corrected chi connectivity index (χ4v) is 2.05. The van der Waals surface area contributed by atoms with Crippen molar-refractivity contribution < 1.29 is 14.6 Å². The molecule has 1 rings (SSSR count). The molecule has 100 valence electrons. The van der Waals surface area contributed by atoms with Gasteiger partial charge < -0.3 is 9.84 Å². The van der Waals surface area contributed by atoms with Gasteiger partial charge in [0.2, 0.25) is 0 Å². The van der Waals surface area contributed by atoms with Gasteiger partial charge in [-0.2, -0.15) is 0 Å². The number of hydrogen-bond donors (Lipinski definition) is 1. The molecule has 0 unspecified atom stereocenters. The summed E-state index contributed by atoms with van der Waals surface area (Å²) >= 11 is 1.01. The number of aryl methyl sites for hydroxylation is 1. The van der Waals surface area contributed by atoms with Crippen LogP contribution in [0.4, 0.5) is 4.79 Å². The van der Waals surface area contributed by atoms with E-state index in [1.165, 1.54) is 0 Å². The molecule has 0 fully saturated rings. The summed E-state index contributed by atoms with van der Waals surface area (Å²) in [6, 6.07) is 0. The van der Waals surface area contributed by atoms with E-state index < -0.39 is 0 Å². The number of nitrogens with zero attached hydrogens (tertiary/aromatic N) is 1. The van der Waals surface area contributed by atoms with Gasteiger partial charge in [-0.25, -0.2) is 4.79 Å². The van der Waals surface area contributed by atoms with Crippen molar-refractivity contribution in [1.29, 1.82) is 0 Å². The van der Waals surface area contributed by atoms with Gasteiger partial charge in [0, 0.05) is 17.5 Å². The number of pyridine rings is 1. The van der Waals surface area contributed by atoms with E-state index in [0.29, 0.717) is 23.6 Å². The second-order valence-electron chi connectivity index (χ2n) is 3.30. The zero-order valence-electron chi connectivity index (χ0n) is 10.3. The zero-order valence-corrected chi connectivity index (χ0v) is 11.9. The minimum atomic E-state index is -0.351. The van der Waals surface area contributed by atoms with Crippen molar-refractivity contribution in [2.24, 2.45) is 0 Å². The summed E-state index contributed by atoms with van der Waals surface area (Å²) < 4.78 is 4.81. The lowest BCUT2D eigenvalue weighted by Crippen LogP contribution is -1.99. The van der Waals surface area contributed by atoms with Crippen LogP contribution in [-0.2, 0) is 10.5 Å². The molecule has 0 aromatic carbocycles. The Morgan fingerprint density at radius 2 is 2.33 bits per heavy atom. The van der Waals surface area contributed by atoms with Gasteiger partial charge in [0.05, 0.1) is 12.3 Å². The molecule has 6 heteroatoms. The second-order valence-corrected chi connectivity index (χ2v) is 4.21. The van der Waals surface area contributed by atoms with E-state index in [4.69, 9.17) is 4.74 Å². The van der Waals surface area contributed by atoms with E-state index in [9.17, 15) is 9.90 Å². The van der Waals surface area contributed by atoms with Crippen LogP contribution in [0.1, 0.15) is 23.7 Å². The second kappa shape index (κ2) is 8.00. The quantitative estimate of drug-likeness (QED) is 0.859. The first-order valence-corrected chi connectivity index (χ1v) is 6.18. The van der Waals surface area contributed by atoms with Crippen LogP contribution in [0, 0.1) is 6.92 Å². The monoisotopic (exact) mass is 289 g/mol. The van der Waals surface area contributed by atoms with Crippen molar-refractivity contribution in [3.8, 4) is 5.75 Å². The molecule has 0 radical (unpaired) electrons. The maximum absolute atomic E-state index is 11.2. The van der Waals surface area contributed by atoms with Gasteiger partial charge in [-0.05, 0) is 31.2 Å². The fraction of sp³-hybridized carbons (Fsp3) is 0.333. The molecular formula is C12H16ClNO3S. The smallest absolute Gasteiger partial charge is 0.367 e. The van der Waals surface area contributed by atoms with Crippen LogP contribution >= 0.6 is 24.2 Å². The van der Waals surface area contributed by atoms with Crippen molar-refractivity contribution in [2.45, 2.75) is 19.6 Å². The minimum Gasteiger partial charge on any atom is -0.506 e. The molecule has 4 nitrogen and oxygen atoms in total. The molecule has 1 aromatic rings. The maximum atomic E-state index is 11.2. The summed E-state index contributed by atoms with van der Waals surface area (Å²) in [4.78, 5) is 15.3. The van der Waals surface area contributed by atoms with Gasteiger partial charge in [-0.15, -0.1) is 12.4 Å². The van der Waals surface area contributed by atoms with Gasteiger partial charge in [0.15, 0.2) is 0 Å². The predicted molar refractivity (Wildman–Crippen MR) is 76.3 cm³/mol. The average molecular weight is 290 g/mol. The van der Waals surface area contributed by atoms with E-state index >= 15 is 0 Å². The highest BCUT2D eigenvalue weighted by molar-refractivity contribution is 8.12. The zero-order chi connectivity index (χ0) is 12.8. The number of carbonyl (C=O) groups is 1. The Kier molecular flexibility index (Phi) is 7.47. The third-order valence-electron chi connectivity index (χ3n) is 2.19. The van der Waals surface area contributed by atoms with Gasteiger partial charge >= 0.3 is 5.30 Å². The van der Waals surface area contributed by atoms with E-state index in [0.717, 1.165) is 17.3 Å². The van der Waals surface area contributed by atoms with Crippen molar-refractivity contribution >= 4 is 35.5 Å². The third-order valence-corrected chi connectivity index (χ3v) is 2.98. The molecular weight excluding hydrogens is 274 g/mol. The van der Waals surface area contributed by atoms with Crippen molar-refractivity contribution in [2.75, 3.05) is 6.61 Å². The number of rotatable bonds is 4. The maximum Gasteiger partial charge on any atom is 0.367 e. The van der Waals surface area contributed by atoms with E-state index in [1.807, 2.05) is 0 Å². The first-order chi connectivity index (χ1) is 8.10. The lowest BCUT2D eigenvalue weighted by atomic mass is 10.1. The van der Waals surface area contributed by atoms with Crippen LogP contribution in [0.5, 0.6) is 5.75 Å². The number of ether oxygens (including phenoxy) is 1. The van der Waals surface area contributed by atoms with Crippen LogP contribution in [0.3, 0.4) is 0 Å². The van der Waals surface area contributed by atoms with Crippen LogP contribution in [0.25, 0.3) is 6.08 Å². The van der Waals surface area contributed by atoms with Crippen LogP contribution in [0.15, 0.2) is 12.8 Å². The summed E-state index contributed by atoms with van der Waals surface area (Å²) in [5.41, 5.74) is 1.92. The van der Waals surface area contributed by atoms with Crippen LogP contribution in [-0.4, -0.2) is 22.0 Å². The predicted octanol–water partition coefficient (Wildman–Crippen LogP) is 3.55. The Morgan fingerprint density at radius 3 is 2.89 bits per heavy atom. The summed E-state index contributed by atoms with van der Waals surface area (Å²) in [6.07, 6.45) is 3.23. The first kappa shape index (κ1) is 16.8. The summed E-state index contributed by atoms with van der Waals surface area (Å²) in [5, 5.41) is 9.53. The Bertz CT molecular complexity index is 438. The van der Waals surface area contributed by atoms with Gasteiger partial charge in [-0.1, -0.05) is 12.7 Å². The minimum absolute atomic E-state index is 0. The summed E-state index contributed by atoms with van der Waals surface area (Å²) in [6.45, 7) is 7.46.